The lowest BCUT2D eigenvalue weighted by Gasteiger charge is -2.24. The molecule has 2 aromatic rings. The monoisotopic (exact) mass is 342 g/mol. The summed E-state index contributed by atoms with van der Waals surface area (Å²) in [5.74, 6) is 1.83. The number of aryl methyl sites for hydroxylation is 1. The van der Waals surface area contributed by atoms with Gasteiger partial charge in [0.2, 0.25) is 0 Å². The van der Waals surface area contributed by atoms with Crippen molar-refractivity contribution in [2.75, 3.05) is 0 Å². The van der Waals surface area contributed by atoms with Gasteiger partial charge in [-0.25, -0.2) is 4.79 Å². The number of nitrogens with one attached hydrogen (secondary N) is 2. The van der Waals surface area contributed by atoms with Crippen molar-refractivity contribution in [3.63, 3.8) is 0 Å². The van der Waals surface area contributed by atoms with Crippen LogP contribution < -0.4 is 15.4 Å². The Morgan fingerprint density at radius 1 is 1.20 bits per heavy atom. The van der Waals surface area contributed by atoms with Crippen molar-refractivity contribution in [2.45, 2.75) is 58.2 Å². The van der Waals surface area contributed by atoms with Crippen LogP contribution in [0.5, 0.6) is 5.75 Å². The molecule has 0 saturated carbocycles. The maximum Gasteiger partial charge on any atom is 0.315 e. The Hall–Kier alpha value is -2.43. The van der Waals surface area contributed by atoms with Crippen LogP contribution in [0.1, 0.15) is 62.6 Å². The third-order valence-corrected chi connectivity index (χ3v) is 4.46. The van der Waals surface area contributed by atoms with Crippen molar-refractivity contribution in [1.29, 1.82) is 0 Å². The van der Waals surface area contributed by atoms with Crippen LogP contribution in [0.25, 0.3) is 0 Å². The van der Waals surface area contributed by atoms with Crippen LogP contribution in [0, 0.1) is 0 Å². The fourth-order valence-corrected chi connectivity index (χ4v) is 3.22. The van der Waals surface area contributed by atoms with Crippen LogP contribution in [0.2, 0.25) is 0 Å². The molecule has 0 bridgehead atoms. The number of carbonyl (C=O) groups is 1. The zero-order chi connectivity index (χ0) is 17.8. The summed E-state index contributed by atoms with van der Waals surface area (Å²) < 4.78 is 11.1. The highest BCUT2D eigenvalue weighted by Crippen LogP contribution is 2.30. The molecular weight excluding hydrogens is 316 g/mol. The number of urea groups is 1. The molecule has 0 aliphatic heterocycles. The fraction of sp³-hybridized carbons (Fsp3) is 0.450. The van der Waals surface area contributed by atoms with Gasteiger partial charge in [0.05, 0.1) is 24.5 Å². The van der Waals surface area contributed by atoms with E-state index >= 15 is 0 Å². The number of carbonyl (C=O) groups excluding carboxylic acids is 1. The molecule has 2 N–H and O–H groups in total. The minimum atomic E-state index is -0.158. The summed E-state index contributed by atoms with van der Waals surface area (Å²) in [5, 5.41) is 6.07. The van der Waals surface area contributed by atoms with Gasteiger partial charge in [-0.05, 0) is 57.4 Å². The Kier molecular flexibility index (Phi) is 5.31. The number of hydrogen-bond acceptors (Lipinski definition) is 3. The second kappa shape index (κ2) is 7.64. The van der Waals surface area contributed by atoms with Crippen LogP contribution in [0.4, 0.5) is 4.79 Å². The summed E-state index contributed by atoms with van der Waals surface area (Å²) in [6.45, 7) is 5.97. The first-order chi connectivity index (χ1) is 12.0. The Morgan fingerprint density at radius 3 is 2.68 bits per heavy atom. The lowest BCUT2D eigenvalue weighted by Crippen LogP contribution is -2.40. The largest absolute Gasteiger partial charge is 0.491 e. The van der Waals surface area contributed by atoms with Gasteiger partial charge in [0, 0.05) is 12.0 Å². The summed E-state index contributed by atoms with van der Waals surface area (Å²) in [4.78, 5) is 12.4. The SMILES string of the molecule is CC(C)Oc1ccc(C(C)NC(=O)NC2CCCc3occc32)cc1. The summed E-state index contributed by atoms with van der Waals surface area (Å²) in [7, 11) is 0. The Morgan fingerprint density at radius 2 is 1.96 bits per heavy atom. The second-order valence-corrected chi connectivity index (χ2v) is 6.82. The van der Waals surface area contributed by atoms with Crippen molar-refractivity contribution in [1.82, 2.24) is 10.6 Å². The van der Waals surface area contributed by atoms with Gasteiger partial charge in [0.15, 0.2) is 0 Å². The van der Waals surface area contributed by atoms with Gasteiger partial charge in [-0.3, -0.25) is 0 Å². The van der Waals surface area contributed by atoms with Gasteiger partial charge in [-0.2, -0.15) is 0 Å². The van der Waals surface area contributed by atoms with E-state index in [4.69, 9.17) is 9.15 Å². The fourth-order valence-electron chi connectivity index (χ4n) is 3.22. The van der Waals surface area contributed by atoms with Crippen molar-refractivity contribution >= 4 is 6.03 Å². The minimum Gasteiger partial charge on any atom is -0.491 e. The van der Waals surface area contributed by atoms with Crippen LogP contribution in [-0.2, 0) is 6.42 Å². The van der Waals surface area contributed by atoms with E-state index in [9.17, 15) is 4.79 Å². The van der Waals surface area contributed by atoms with E-state index in [0.717, 1.165) is 41.9 Å². The number of rotatable bonds is 5. The van der Waals surface area contributed by atoms with Crippen LogP contribution >= 0.6 is 0 Å². The smallest absolute Gasteiger partial charge is 0.315 e. The van der Waals surface area contributed by atoms with E-state index in [-0.39, 0.29) is 24.2 Å². The molecule has 1 heterocycles. The molecule has 2 amide bonds. The van der Waals surface area contributed by atoms with Crippen molar-refractivity contribution in [2.24, 2.45) is 0 Å². The van der Waals surface area contributed by atoms with Gasteiger partial charge >= 0.3 is 6.03 Å². The van der Waals surface area contributed by atoms with E-state index in [1.807, 2.05) is 51.1 Å². The summed E-state index contributed by atoms with van der Waals surface area (Å²) in [5.41, 5.74) is 2.14. The maximum absolute atomic E-state index is 12.4. The molecule has 0 saturated heterocycles. The number of ether oxygens (including phenoxy) is 1. The normalized spacial score (nSPS) is 17.7. The molecule has 1 aliphatic carbocycles. The van der Waals surface area contributed by atoms with Crippen LogP contribution in [0.15, 0.2) is 41.0 Å². The first-order valence-corrected chi connectivity index (χ1v) is 8.93. The van der Waals surface area contributed by atoms with E-state index in [0.29, 0.717) is 0 Å². The molecule has 0 radical (unpaired) electrons. The Balaban J connectivity index is 1.56. The molecular formula is C20H26N2O3. The lowest BCUT2D eigenvalue weighted by atomic mass is 9.93. The average molecular weight is 342 g/mol. The van der Waals surface area contributed by atoms with E-state index in [1.165, 1.54) is 0 Å². The topological polar surface area (TPSA) is 63.5 Å². The zero-order valence-corrected chi connectivity index (χ0v) is 15.0. The second-order valence-electron chi connectivity index (χ2n) is 6.82. The number of benzene rings is 1. The first-order valence-electron chi connectivity index (χ1n) is 8.93. The van der Waals surface area contributed by atoms with Gasteiger partial charge < -0.3 is 19.8 Å². The van der Waals surface area contributed by atoms with Crippen LogP contribution in [0.3, 0.4) is 0 Å². The average Bonchev–Trinajstić information content (AvgIpc) is 3.04. The molecule has 5 nitrogen and oxygen atoms in total. The standard InChI is InChI=1S/C20H26N2O3/c1-13(2)25-16-9-7-15(8-10-16)14(3)21-20(23)22-18-5-4-6-19-17(18)11-12-24-19/h7-14,18H,4-6H2,1-3H3,(H2,21,22,23). The highest BCUT2D eigenvalue weighted by atomic mass is 16.5. The predicted molar refractivity (Wildman–Crippen MR) is 96.7 cm³/mol. The molecule has 0 spiro atoms. The molecule has 1 aliphatic rings. The first kappa shape index (κ1) is 17.4. The third kappa shape index (κ3) is 4.35. The number of amides is 2. The van der Waals surface area contributed by atoms with Gasteiger partial charge in [0.1, 0.15) is 11.5 Å². The highest BCUT2D eigenvalue weighted by Gasteiger charge is 2.24. The highest BCUT2D eigenvalue weighted by molar-refractivity contribution is 5.75. The maximum atomic E-state index is 12.4. The minimum absolute atomic E-state index is 0.0246. The lowest BCUT2D eigenvalue weighted by molar-refractivity contribution is 0.232. The van der Waals surface area contributed by atoms with Gasteiger partial charge in [-0.15, -0.1) is 0 Å². The molecule has 2 atom stereocenters. The molecule has 3 rings (SSSR count). The molecule has 25 heavy (non-hydrogen) atoms. The number of fused-ring (bicyclic) bond motifs is 1. The van der Waals surface area contributed by atoms with Crippen molar-refractivity contribution in [3.05, 3.63) is 53.5 Å². The van der Waals surface area contributed by atoms with E-state index in [2.05, 4.69) is 10.6 Å². The molecule has 5 heteroatoms. The van der Waals surface area contributed by atoms with Crippen molar-refractivity contribution < 1.29 is 13.9 Å². The molecule has 1 aromatic heterocycles. The van der Waals surface area contributed by atoms with Gasteiger partial charge in [-0.1, -0.05) is 12.1 Å². The summed E-state index contributed by atoms with van der Waals surface area (Å²) in [6, 6.07) is 9.57. The number of furan rings is 1. The van der Waals surface area contributed by atoms with Crippen molar-refractivity contribution in [3.8, 4) is 5.75 Å². The quantitative estimate of drug-likeness (QED) is 0.840. The van der Waals surface area contributed by atoms with Gasteiger partial charge in [0.25, 0.3) is 0 Å². The summed E-state index contributed by atoms with van der Waals surface area (Å²) in [6.07, 6.45) is 4.76. The number of hydrogen-bond donors (Lipinski definition) is 2. The van der Waals surface area contributed by atoms with E-state index in [1.54, 1.807) is 6.26 Å². The summed E-state index contributed by atoms with van der Waals surface area (Å²) >= 11 is 0. The third-order valence-electron chi connectivity index (χ3n) is 4.46. The Labute approximate surface area is 148 Å². The molecule has 1 aromatic carbocycles. The molecule has 134 valence electrons. The van der Waals surface area contributed by atoms with E-state index < -0.39 is 0 Å². The molecule has 0 fully saturated rings. The van der Waals surface area contributed by atoms with Crippen LogP contribution in [-0.4, -0.2) is 12.1 Å². The predicted octanol–water partition coefficient (Wildman–Crippen LogP) is 4.50. The zero-order valence-electron chi connectivity index (χ0n) is 15.0. The Bertz CT molecular complexity index is 706. The molecule has 2 unspecified atom stereocenters.